The second-order valence-electron chi connectivity index (χ2n) is 6.68. The molecule has 0 unspecified atom stereocenters. The Hall–Kier alpha value is -3.05. The molecule has 0 radical (unpaired) electrons. The minimum atomic E-state index is 0.0317. The normalized spacial score (nSPS) is 14.0. The molecule has 1 N–H and O–H groups in total. The van der Waals surface area contributed by atoms with Crippen molar-refractivity contribution in [3.63, 3.8) is 0 Å². The Bertz CT molecular complexity index is 956. The third-order valence-electron chi connectivity index (χ3n) is 4.79. The first-order valence-corrected chi connectivity index (χ1v) is 9.65. The molecule has 4 rings (SSSR count). The zero-order valence-corrected chi connectivity index (χ0v) is 16.1. The minimum absolute atomic E-state index is 0.0317. The molecule has 1 aliphatic rings. The maximum Gasteiger partial charge on any atom is 0.254 e. The minimum Gasteiger partial charge on any atom is -0.368 e. The maximum atomic E-state index is 12.9. The molecule has 6 heteroatoms. The van der Waals surface area contributed by atoms with Crippen LogP contribution in [0.2, 0.25) is 5.02 Å². The average Bonchev–Trinajstić information content (AvgIpc) is 2.74. The highest BCUT2D eigenvalue weighted by Gasteiger charge is 2.22. The molecule has 142 valence electrons. The summed E-state index contributed by atoms with van der Waals surface area (Å²) in [7, 11) is 0. The molecule has 2 heterocycles. The number of piperazine rings is 1. The summed E-state index contributed by atoms with van der Waals surface area (Å²) in [6.45, 7) is 3.06. The fourth-order valence-corrected chi connectivity index (χ4v) is 3.53. The van der Waals surface area contributed by atoms with Crippen molar-refractivity contribution >= 4 is 34.7 Å². The van der Waals surface area contributed by atoms with Gasteiger partial charge in [0.05, 0.1) is 0 Å². The summed E-state index contributed by atoms with van der Waals surface area (Å²) in [5.41, 5.74) is 2.67. The number of amides is 1. The van der Waals surface area contributed by atoms with Gasteiger partial charge in [-0.15, -0.1) is 0 Å². The van der Waals surface area contributed by atoms with Crippen LogP contribution in [0.4, 0.5) is 17.2 Å². The van der Waals surface area contributed by atoms with Crippen LogP contribution in [0.25, 0.3) is 0 Å². The van der Waals surface area contributed by atoms with Crippen molar-refractivity contribution in [2.24, 2.45) is 0 Å². The zero-order valence-electron chi connectivity index (χ0n) is 15.4. The van der Waals surface area contributed by atoms with Gasteiger partial charge in [-0.3, -0.25) is 4.79 Å². The van der Waals surface area contributed by atoms with Gasteiger partial charge in [0.1, 0.15) is 5.82 Å². The van der Waals surface area contributed by atoms with E-state index < -0.39 is 0 Å². The van der Waals surface area contributed by atoms with Crippen molar-refractivity contribution in [1.82, 2.24) is 9.88 Å². The van der Waals surface area contributed by atoms with Crippen LogP contribution in [0.15, 0.2) is 72.9 Å². The van der Waals surface area contributed by atoms with Gasteiger partial charge < -0.3 is 15.1 Å². The van der Waals surface area contributed by atoms with E-state index in [1.54, 1.807) is 18.3 Å². The number of hydrogen-bond acceptors (Lipinski definition) is 4. The Kier molecular flexibility index (Phi) is 5.44. The number of nitrogens with one attached hydrogen (secondary N) is 1. The number of pyridine rings is 1. The van der Waals surface area contributed by atoms with Gasteiger partial charge in [-0.2, -0.15) is 0 Å². The van der Waals surface area contributed by atoms with Gasteiger partial charge in [0.15, 0.2) is 0 Å². The van der Waals surface area contributed by atoms with Crippen molar-refractivity contribution in [3.05, 3.63) is 83.5 Å². The van der Waals surface area contributed by atoms with Crippen molar-refractivity contribution in [1.29, 1.82) is 0 Å². The predicted octanol–water partition coefficient (Wildman–Crippen LogP) is 4.44. The standard InChI is InChI=1S/C22H21ClN4O/c23-18-5-4-6-19(16-18)25-21-15-17(9-10-24-21)22(28)27-13-11-26(12-14-27)20-7-2-1-3-8-20/h1-10,15-16H,11-14H2,(H,24,25). The third-order valence-corrected chi connectivity index (χ3v) is 5.03. The van der Waals surface area contributed by atoms with Crippen LogP contribution in [0.1, 0.15) is 10.4 Å². The number of benzene rings is 2. The van der Waals surface area contributed by atoms with Gasteiger partial charge in [-0.25, -0.2) is 4.98 Å². The molecule has 0 atom stereocenters. The summed E-state index contributed by atoms with van der Waals surface area (Å²) >= 11 is 6.03. The van der Waals surface area contributed by atoms with Gasteiger partial charge in [0.2, 0.25) is 0 Å². The molecule has 2 aromatic carbocycles. The SMILES string of the molecule is O=C(c1ccnc(Nc2cccc(Cl)c2)c1)N1CCN(c2ccccc2)CC1. The molecule has 1 fully saturated rings. The number of hydrogen-bond donors (Lipinski definition) is 1. The van der Waals surface area contributed by atoms with Gasteiger partial charge >= 0.3 is 0 Å². The lowest BCUT2D eigenvalue weighted by Gasteiger charge is -2.36. The number of nitrogens with zero attached hydrogens (tertiary/aromatic N) is 3. The average molecular weight is 393 g/mol. The van der Waals surface area contributed by atoms with Crippen molar-refractivity contribution in [3.8, 4) is 0 Å². The van der Waals surface area contributed by atoms with Crippen LogP contribution in [0, 0.1) is 0 Å². The van der Waals surface area contributed by atoms with Crippen LogP contribution < -0.4 is 10.2 Å². The maximum absolute atomic E-state index is 12.9. The van der Waals surface area contributed by atoms with Gasteiger partial charge in [-0.1, -0.05) is 35.9 Å². The summed E-state index contributed by atoms with van der Waals surface area (Å²) in [5.74, 6) is 0.653. The molecule has 1 aliphatic heterocycles. The highest BCUT2D eigenvalue weighted by atomic mass is 35.5. The summed E-state index contributed by atoms with van der Waals surface area (Å²) in [6, 6.07) is 21.3. The molecular weight excluding hydrogens is 372 g/mol. The quantitative estimate of drug-likeness (QED) is 0.713. The van der Waals surface area contributed by atoms with Crippen LogP contribution in [0.3, 0.4) is 0 Å². The lowest BCUT2D eigenvalue weighted by molar-refractivity contribution is 0.0746. The van der Waals surface area contributed by atoms with E-state index in [1.807, 2.05) is 47.4 Å². The number of halogens is 1. The third kappa shape index (κ3) is 4.26. The number of aromatic nitrogens is 1. The Balaban J connectivity index is 1.41. The van der Waals surface area contributed by atoms with Crippen molar-refractivity contribution in [2.75, 3.05) is 36.4 Å². The van der Waals surface area contributed by atoms with Crippen LogP contribution in [-0.2, 0) is 0 Å². The summed E-state index contributed by atoms with van der Waals surface area (Å²) in [6.07, 6.45) is 1.65. The molecule has 0 aliphatic carbocycles. The highest BCUT2D eigenvalue weighted by molar-refractivity contribution is 6.30. The lowest BCUT2D eigenvalue weighted by Crippen LogP contribution is -2.48. The second kappa shape index (κ2) is 8.31. The molecule has 5 nitrogen and oxygen atoms in total. The van der Waals surface area contributed by atoms with Crippen molar-refractivity contribution < 1.29 is 4.79 Å². The van der Waals surface area contributed by atoms with E-state index in [4.69, 9.17) is 11.6 Å². The first kappa shape index (κ1) is 18.3. The first-order valence-electron chi connectivity index (χ1n) is 9.27. The Morgan fingerprint density at radius 1 is 0.929 bits per heavy atom. The number of para-hydroxylation sites is 1. The second-order valence-corrected chi connectivity index (χ2v) is 7.12. The molecule has 28 heavy (non-hydrogen) atoms. The van der Waals surface area contributed by atoms with E-state index in [-0.39, 0.29) is 5.91 Å². The van der Waals surface area contributed by atoms with Crippen LogP contribution in [0.5, 0.6) is 0 Å². The molecule has 0 spiro atoms. The highest BCUT2D eigenvalue weighted by Crippen LogP contribution is 2.21. The molecular formula is C22H21ClN4O. The number of carbonyl (C=O) groups is 1. The Morgan fingerprint density at radius 3 is 2.46 bits per heavy atom. The fourth-order valence-electron chi connectivity index (χ4n) is 3.34. The number of rotatable bonds is 4. The fraction of sp³-hybridized carbons (Fsp3) is 0.182. The van der Waals surface area contributed by atoms with E-state index in [0.717, 1.165) is 18.8 Å². The first-order chi connectivity index (χ1) is 13.7. The smallest absolute Gasteiger partial charge is 0.254 e. The molecule has 1 saturated heterocycles. The predicted molar refractivity (Wildman–Crippen MR) is 114 cm³/mol. The molecule has 0 bridgehead atoms. The van der Waals surface area contributed by atoms with E-state index in [1.165, 1.54) is 5.69 Å². The summed E-state index contributed by atoms with van der Waals surface area (Å²) in [4.78, 5) is 21.5. The van der Waals surface area contributed by atoms with Gasteiger partial charge in [0.25, 0.3) is 5.91 Å². The van der Waals surface area contributed by atoms with E-state index in [2.05, 4.69) is 27.3 Å². The lowest BCUT2D eigenvalue weighted by atomic mass is 10.2. The Morgan fingerprint density at radius 2 is 1.71 bits per heavy atom. The van der Waals surface area contributed by atoms with E-state index in [0.29, 0.717) is 29.5 Å². The largest absolute Gasteiger partial charge is 0.368 e. The zero-order chi connectivity index (χ0) is 19.3. The molecule has 3 aromatic rings. The Labute approximate surface area is 169 Å². The molecule has 0 saturated carbocycles. The van der Waals surface area contributed by atoms with Gasteiger partial charge in [-0.05, 0) is 42.5 Å². The summed E-state index contributed by atoms with van der Waals surface area (Å²) < 4.78 is 0. The van der Waals surface area contributed by atoms with Crippen LogP contribution >= 0.6 is 11.6 Å². The monoisotopic (exact) mass is 392 g/mol. The number of anilines is 3. The molecule has 1 aromatic heterocycles. The van der Waals surface area contributed by atoms with Crippen LogP contribution in [-0.4, -0.2) is 42.0 Å². The molecule has 1 amide bonds. The van der Waals surface area contributed by atoms with E-state index in [9.17, 15) is 4.79 Å². The topological polar surface area (TPSA) is 48.5 Å². The van der Waals surface area contributed by atoms with Crippen molar-refractivity contribution in [2.45, 2.75) is 0 Å². The van der Waals surface area contributed by atoms with Gasteiger partial charge in [0, 0.05) is 54.3 Å². The summed E-state index contributed by atoms with van der Waals surface area (Å²) in [5, 5.41) is 3.84. The van der Waals surface area contributed by atoms with E-state index >= 15 is 0 Å². The number of carbonyl (C=O) groups excluding carboxylic acids is 1.